The standard InChI is InChI=1S/C22H26N4O4S/c1-3-9-22(10-4-2)20(28)25(21(29)23-22)14-19(27)26-16(18-8-6-12-31-18)13-15(24-26)17-7-5-11-30-17/h5-8,11-12,16H,3-4,9-10,13-14H2,1-2H3,(H,23,29). The van der Waals surface area contributed by atoms with E-state index in [0.717, 1.165) is 22.6 Å². The van der Waals surface area contributed by atoms with Gasteiger partial charge in [0.1, 0.15) is 23.6 Å². The van der Waals surface area contributed by atoms with Gasteiger partial charge < -0.3 is 9.73 Å². The zero-order chi connectivity index (χ0) is 22.0. The summed E-state index contributed by atoms with van der Waals surface area (Å²) in [6.07, 6.45) is 4.71. The van der Waals surface area contributed by atoms with Gasteiger partial charge in [-0.3, -0.25) is 14.5 Å². The average Bonchev–Trinajstić information content (AvgIpc) is 3.52. The van der Waals surface area contributed by atoms with Crippen molar-refractivity contribution < 1.29 is 18.8 Å². The lowest BCUT2D eigenvalue weighted by Crippen LogP contribution is -2.47. The fourth-order valence-corrected chi connectivity index (χ4v) is 5.19. The van der Waals surface area contributed by atoms with Crippen LogP contribution in [-0.2, 0) is 9.59 Å². The number of hydrogen-bond acceptors (Lipinski definition) is 6. The van der Waals surface area contributed by atoms with Crippen LogP contribution in [0.2, 0.25) is 0 Å². The van der Waals surface area contributed by atoms with Crippen molar-refractivity contribution in [3.63, 3.8) is 0 Å². The minimum Gasteiger partial charge on any atom is -0.463 e. The Hall–Kier alpha value is -2.94. The number of nitrogens with one attached hydrogen (secondary N) is 1. The number of amides is 4. The molecule has 0 radical (unpaired) electrons. The summed E-state index contributed by atoms with van der Waals surface area (Å²) in [6, 6.07) is 6.66. The Morgan fingerprint density at radius 3 is 2.65 bits per heavy atom. The van der Waals surface area contributed by atoms with Crippen LogP contribution in [0.5, 0.6) is 0 Å². The number of furan rings is 1. The molecule has 0 aromatic carbocycles. The zero-order valence-electron chi connectivity index (χ0n) is 17.7. The molecule has 1 unspecified atom stereocenters. The predicted octanol–water partition coefficient (Wildman–Crippen LogP) is 3.91. The summed E-state index contributed by atoms with van der Waals surface area (Å²) in [5.41, 5.74) is -0.248. The van der Waals surface area contributed by atoms with Crippen molar-refractivity contribution in [2.75, 3.05) is 6.54 Å². The van der Waals surface area contributed by atoms with E-state index in [0.29, 0.717) is 30.7 Å². The van der Waals surface area contributed by atoms with Crippen LogP contribution in [0, 0.1) is 0 Å². The van der Waals surface area contributed by atoms with Gasteiger partial charge in [0.25, 0.3) is 11.8 Å². The number of thiophene rings is 1. The average molecular weight is 443 g/mol. The molecule has 1 fully saturated rings. The molecular formula is C22H26N4O4S. The SMILES string of the molecule is CCCC1(CCC)NC(=O)N(CC(=O)N2N=C(c3ccco3)CC2c2cccs2)C1=O. The van der Waals surface area contributed by atoms with Crippen molar-refractivity contribution in [1.29, 1.82) is 0 Å². The summed E-state index contributed by atoms with van der Waals surface area (Å²) >= 11 is 1.54. The molecule has 9 heteroatoms. The highest BCUT2D eigenvalue weighted by Crippen LogP contribution is 2.36. The van der Waals surface area contributed by atoms with Crippen molar-refractivity contribution in [1.82, 2.24) is 15.2 Å². The lowest BCUT2D eigenvalue weighted by molar-refractivity contribution is -0.140. The van der Waals surface area contributed by atoms with Crippen LogP contribution in [0.25, 0.3) is 0 Å². The van der Waals surface area contributed by atoms with Gasteiger partial charge in [-0.2, -0.15) is 5.10 Å². The largest absolute Gasteiger partial charge is 0.463 e. The molecule has 0 bridgehead atoms. The monoisotopic (exact) mass is 442 g/mol. The molecule has 2 aromatic heterocycles. The van der Waals surface area contributed by atoms with Gasteiger partial charge in [-0.05, 0) is 36.4 Å². The molecule has 4 heterocycles. The number of imide groups is 1. The number of hydrogen-bond donors (Lipinski definition) is 1. The van der Waals surface area contributed by atoms with Gasteiger partial charge in [-0.1, -0.05) is 32.8 Å². The third kappa shape index (κ3) is 3.89. The van der Waals surface area contributed by atoms with Crippen LogP contribution < -0.4 is 5.32 Å². The molecule has 2 aliphatic rings. The van der Waals surface area contributed by atoms with E-state index in [-0.39, 0.29) is 18.5 Å². The molecule has 0 saturated carbocycles. The van der Waals surface area contributed by atoms with Crippen molar-refractivity contribution in [2.45, 2.75) is 57.5 Å². The van der Waals surface area contributed by atoms with Gasteiger partial charge in [0.05, 0.1) is 12.3 Å². The fourth-order valence-electron chi connectivity index (χ4n) is 4.38. The minimum absolute atomic E-state index is 0.288. The molecule has 31 heavy (non-hydrogen) atoms. The minimum atomic E-state index is -0.915. The van der Waals surface area contributed by atoms with Gasteiger partial charge in [0.15, 0.2) is 0 Å². The number of carbonyl (C=O) groups excluding carboxylic acids is 3. The van der Waals surface area contributed by atoms with E-state index >= 15 is 0 Å². The Bertz CT molecular complexity index is 977. The highest BCUT2D eigenvalue weighted by molar-refractivity contribution is 7.10. The summed E-state index contributed by atoms with van der Waals surface area (Å²) in [5.74, 6) is -0.110. The van der Waals surface area contributed by atoms with E-state index in [1.807, 2.05) is 31.4 Å². The van der Waals surface area contributed by atoms with Crippen molar-refractivity contribution in [3.8, 4) is 0 Å². The van der Waals surface area contributed by atoms with Gasteiger partial charge in [0.2, 0.25) is 0 Å². The Labute approximate surface area is 184 Å². The maximum absolute atomic E-state index is 13.3. The molecule has 0 spiro atoms. The molecule has 4 rings (SSSR count). The molecule has 164 valence electrons. The van der Waals surface area contributed by atoms with E-state index in [1.54, 1.807) is 18.4 Å². The van der Waals surface area contributed by atoms with Gasteiger partial charge in [0, 0.05) is 11.3 Å². The molecule has 8 nitrogen and oxygen atoms in total. The first-order valence-electron chi connectivity index (χ1n) is 10.6. The predicted molar refractivity (Wildman–Crippen MR) is 117 cm³/mol. The van der Waals surface area contributed by atoms with Gasteiger partial charge in [-0.25, -0.2) is 9.80 Å². The van der Waals surface area contributed by atoms with Crippen LogP contribution in [0.3, 0.4) is 0 Å². The van der Waals surface area contributed by atoms with Crippen LogP contribution in [-0.4, -0.2) is 45.5 Å². The first kappa shape index (κ1) is 21.3. The number of hydrazone groups is 1. The fraction of sp³-hybridized carbons (Fsp3) is 0.455. The molecule has 2 aromatic rings. The second kappa shape index (κ2) is 8.66. The lowest BCUT2D eigenvalue weighted by atomic mass is 9.88. The van der Waals surface area contributed by atoms with Crippen LogP contribution in [0.15, 0.2) is 45.4 Å². The van der Waals surface area contributed by atoms with Crippen LogP contribution in [0.4, 0.5) is 4.79 Å². The number of carbonyl (C=O) groups is 3. The molecule has 1 saturated heterocycles. The summed E-state index contributed by atoms with van der Waals surface area (Å²) in [6.45, 7) is 3.62. The number of urea groups is 1. The molecular weight excluding hydrogens is 416 g/mol. The third-order valence-electron chi connectivity index (χ3n) is 5.74. The van der Waals surface area contributed by atoms with E-state index in [9.17, 15) is 14.4 Å². The summed E-state index contributed by atoms with van der Waals surface area (Å²) < 4.78 is 5.47. The Kier molecular flexibility index (Phi) is 5.95. The molecule has 4 amide bonds. The van der Waals surface area contributed by atoms with E-state index in [1.165, 1.54) is 16.3 Å². The zero-order valence-corrected chi connectivity index (χ0v) is 18.5. The van der Waals surface area contributed by atoms with Gasteiger partial charge in [-0.15, -0.1) is 11.3 Å². The van der Waals surface area contributed by atoms with Crippen LogP contribution >= 0.6 is 11.3 Å². The maximum Gasteiger partial charge on any atom is 0.325 e. The summed E-state index contributed by atoms with van der Waals surface area (Å²) in [7, 11) is 0. The smallest absolute Gasteiger partial charge is 0.325 e. The van der Waals surface area contributed by atoms with Crippen molar-refractivity contribution >= 4 is 34.9 Å². The van der Waals surface area contributed by atoms with Crippen molar-refractivity contribution in [2.24, 2.45) is 5.10 Å². The molecule has 1 N–H and O–H groups in total. The topological polar surface area (TPSA) is 95.2 Å². The van der Waals surface area contributed by atoms with Crippen molar-refractivity contribution in [3.05, 3.63) is 46.5 Å². The van der Waals surface area contributed by atoms with E-state index < -0.39 is 17.5 Å². The highest BCUT2D eigenvalue weighted by atomic mass is 32.1. The second-order valence-electron chi connectivity index (χ2n) is 7.90. The highest BCUT2D eigenvalue weighted by Gasteiger charge is 2.51. The normalized spacial score (nSPS) is 20.3. The van der Waals surface area contributed by atoms with Gasteiger partial charge >= 0.3 is 6.03 Å². The Morgan fingerprint density at radius 1 is 1.26 bits per heavy atom. The molecule has 0 aliphatic carbocycles. The Morgan fingerprint density at radius 2 is 2.03 bits per heavy atom. The van der Waals surface area contributed by atoms with E-state index in [4.69, 9.17) is 4.42 Å². The summed E-state index contributed by atoms with van der Waals surface area (Å²) in [4.78, 5) is 41.1. The Balaban J connectivity index is 1.57. The third-order valence-corrected chi connectivity index (χ3v) is 6.71. The molecule has 1 atom stereocenters. The first-order valence-corrected chi connectivity index (χ1v) is 11.5. The first-order chi connectivity index (χ1) is 15.0. The number of rotatable bonds is 8. The molecule has 2 aliphatic heterocycles. The summed E-state index contributed by atoms with van der Waals surface area (Å²) in [5, 5.41) is 10.7. The quantitative estimate of drug-likeness (QED) is 0.627. The van der Waals surface area contributed by atoms with Crippen LogP contribution in [0.1, 0.15) is 62.6 Å². The number of nitrogens with zero attached hydrogens (tertiary/aromatic N) is 3. The lowest BCUT2D eigenvalue weighted by Gasteiger charge is -2.26. The second-order valence-corrected chi connectivity index (χ2v) is 8.88. The maximum atomic E-state index is 13.3. The van der Waals surface area contributed by atoms with E-state index in [2.05, 4.69) is 10.4 Å².